The Hall–Kier alpha value is -1.62. The first-order valence-electron chi connectivity index (χ1n) is 6.08. The van der Waals surface area contributed by atoms with Gasteiger partial charge in [0.25, 0.3) is 5.56 Å². The molecule has 0 aromatic carbocycles. The van der Waals surface area contributed by atoms with E-state index in [1.807, 2.05) is 6.92 Å². The average Bonchev–Trinajstić information content (AvgIpc) is 2.69. The van der Waals surface area contributed by atoms with Crippen LogP contribution in [-0.4, -0.2) is 27.9 Å². The number of aromatic nitrogens is 1. The monoisotopic (exact) mass is 251 g/mol. The summed E-state index contributed by atoms with van der Waals surface area (Å²) in [7, 11) is 0. The van der Waals surface area contributed by atoms with Gasteiger partial charge in [-0.2, -0.15) is 0 Å². The number of aryl methyl sites for hydroxylation is 1. The molecule has 2 atom stereocenters. The lowest BCUT2D eigenvalue weighted by molar-refractivity contribution is 0.0445. The van der Waals surface area contributed by atoms with Crippen LogP contribution in [0.1, 0.15) is 35.8 Å². The molecule has 1 fully saturated rings. The van der Waals surface area contributed by atoms with E-state index in [0.29, 0.717) is 6.54 Å². The molecule has 5 nitrogen and oxygen atoms in total. The van der Waals surface area contributed by atoms with Crippen LogP contribution in [0.4, 0.5) is 0 Å². The lowest BCUT2D eigenvalue weighted by atomic mass is 10.2. The van der Waals surface area contributed by atoms with E-state index in [1.165, 1.54) is 10.6 Å². The number of nitrogens with zero attached hydrogens (tertiary/aromatic N) is 1. The van der Waals surface area contributed by atoms with Gasteiger partial charge in [-0.25, -0.2) is 4.79 Å². The molecule has 1 saturated heterocycles. The van der Waals surface area contributed by atoms with E-state index >= 15 is 0 Å². The number of ether oxygens (including phenoxy) is 1. The average molecular weight is 251 g/mol. The molecule has 2 rings (SSSR count). The fraction of sp³-hybridized carbons (Fsp3) is 0.538. The van der Waals surface area contributed by atoms with E-state index in [1.54, 1.807) is 13.0 Å². The second-order valence-electron chi connectivity index (χ2n) is 4.76. The van der Waals surface area contributed by atoms with Crippen LogP contribution in [0.15, 0.2) is 16.9 Å². The highest BCUT2D eigenvalue weighted by molar-refractivity contribution is 5.87. The SMILES string of the molecule is Cc1ccc(C(=O)O)c(=O)n1CC1CCC(C)O1. The van der Waals surface area contributed by atoms with Gasteiger partial charge in [0.15, 0.2) is 0 Å². The third kappa shape index (κ3) is 2.46. The summed E-state index contributed by atoms with van der Waals surface area (Å²) in [5.74, 6) is -1.19. The van der Waals surface area contributed by atoms with Crippen LogP contribution in [0.2, 0.25) is 0 Å². The van der Waals surface area contributed by atoms with Crippen molar-refractivity contribution in [1.29, 1.82) is 0 Å². The third-order valence-corrected chi connectivity index (χ3v) is 3.33. The number of hydrogen-bond donors (Lipinski definition) is 1. The molecule has 0 saturated carbocycles. The van der Waals surface area contributed by atoms with Gasteiger partial charge < -0.3 is 14.4 Å². The highest BCUT2D eigenvalue weighted by atomic mass is 16.5. The van der Waals surface area contributed by atoms with Crippen LogP contribution >= 0.6 is 0 Å². The molecule has 0 amide bonds. The van der Waals surface area contributed by atoms with Gasteiger partial charge in [-0.3, -0.25) is 4.79 Å². The second-order valence-corrected chi connectivity index (χ2v) is 4.76. The van der Waals surface area contributed by atoms with Crippen LogP contribution in [0.5, 0.6) is 0 Å². The van der Waals surface area contributed by atoms with Crippen molar-refractivity contribution in [3.63, 3.8) is 0 Å². The normalized spacial score (nSPS) is 23.2. The first-order valence-corrected chi connectivity index (χ1v) is 6.08. The van der Waals surface area contributed by atoms with Gasteiger partial charge in [-0.05, 0) is 38.8 Å². The molecule has 2 unspecified atom stereocenters. The topological polar surface area (TPSA) is 68.5 Å². The Labute approximate surface area is 105 Å². The zero-order valence-corrected chi connectivity index (χ0v) is 10.5. The molecule has 98 valence electrons. The van der Waals surface area contributed by atoms with Crippen molar-refractivity contribution in [1.82, 2.24) is 4.57 Å². The Kier molecular flexibility index (Phi) is 3.52. The maximum Gasteiger partial charge on any atom is 0.341 e. The maximum atomic E-state index is 12.0. The van der Waals surface area contributed by atoms with E-state index in [2.05, 4.69) is 0 Å². The van der Waals surface area contributed by atoms with Crippen molar-refractivity contribution in [2.45, 2.75) is 45.4 Å². The van der Waals surface area contributed by atoms with Gasteiger partial charge in [0.2, 0.25) is 0 Å². The van der Waals surface area contributed by atoms with Crippen LogP contribution < -0.4 is 5.56 Å². The van der Waals surface area contributed by atoms with Crippen molar-refractivity contribution < 1.29 is 14.6 Å². The molecule has 5 heteroatoms. The molecule has 0 radical (unpaired) electrons. The van der Waals surface area contributed by atoms with Crippen molar-refractivity contribution in [3.05, 3.63) is 33.7 Å². The second kappa shape index (κ2) is 4.94. The molecular formula is C13H17NO4. The molecular weight excluding hydrogens is 234 g/mol. The van der Waals surface area contributed by atoms with Gasteiger partial charge >= 0.3 is 5.97 Å². The Morgan fingerprint density at radius 1 is 1.50 bits per heavy atom. The number of carbonyl (C=O) groups is 1. The molecule has 1 aromatic heterocycles. The molecule has 1 aliphatic rings. The highest BCUT2D eigenvalue weighted by Crippen LogP contribution is 2.20. The smallest absolute Gasteiger partial charge is 0.341 e. The van der Waals surface area contributed by atoms with Gasteiger partial charge in [0.05, 0.1) is 18.8 Å². The van der Waals surface area contributed by atoms with E-state index in [9.17, 15) is 9.59 Å². The minimum atomic E-state index is -1.19. The number of rotatable bonds is 3. The molecule has 18 heavy (non-hydrogen) atoms. The Morgan fingerprint density at radius 3 is 2.78 bits per heavy atom. The number of carboxylic acids is 1. The van der Waals surface area contributed by atoms with Crippen LogP contribution in [-0.2, 0) is 11.3 Å². The first kappa shape index (κ1) is 12.8. The summed E-state index contributed by atoms with van der Waals surface area (Å²) >= 11 is 0. The summed E-state index contributed by atoms with van der Waals surface area (Å²) < 4.78 is 7.16. The lowest BCUT2D eigenvalue weighted by Gasteiger charge is -2.16. The lowest BCUT2D eigenvalue weighted by Crippen LogP contribution is -2.31. The highest BCUT2D eigenvalue weighted by Gasteiger charge is 2.23. The summed E-state index contributed by atoms with van der Waals surface area (Å²) in [6, 6.07) is 3.01. The zero-order valence-electron chi connectivity index (χ0n) is 10.5. The summed E-state index contributed by atoms with van der Waals surface area (Å²) in [5, 5.41) is 8.94. The molecule has 2 heterocycles. The zero-order chi connectivity index (χ0) is 13.3. The molecule has 0 bridgehead atoms. The molecule has 1 aliphatic heterocycles. The summed E-state index contributed by atoms with van der Waals surface area (Å²) in [4.78, 5) is 23.0. The minimum Gasteiger partial charge on any atom is -0.477 e. The van der Waals surface area contributed by atoms with Crippen LogP contribution in [0.25, 0.3) is 0 Å². The Balaban J connectivity index is 2.29. The van der Waals surface area contributed by atoms with E-state index in [0.717, 1.165) is 18.5 Å². The largest absolute Gasteiger partial charge is 0.477 e. The third-order valence-electron chi connectivity index (χ3n) is 3.33. The maximum absolute atomic E-state index is 12.0. The van der Waals surface area contributed by atoms with Crippen molar-refractivity contribution in [2.75, 3.05) is 0 Å². The number of carboxylic acid groups (broad SMARTS) is 1. The fourth-order valence-electron chi connectivity index (χ4n) is 2.28. The predicted octanol–water partition coefficient (Wildman–Crippen LogP) is 1.42. The van der Waals surface area contributed by atoms with Crippen molar-refractivity contribution >= 4 is 5.97 Å². The summed E-state index contributed by atoms with van der Waals surface area (Å²) in [6.07, 6.45) is 2.11. The molecule has 1 N–H and O–H groups in total. The van der Waals surface area contributed by atoms with Gasteiger partial charge in [0, 0.05) is 5.69 Å². The molecule has 0 spiro atoms. The van der Waals surface area contributed by atoms with Gasteiger partial charge in [-0.1, -0.05) is 0 Å². The predicted molar refractivity (Wildman–Crippen MR) is 66.0 cm³/mol. The van der Waals surface area contributed by atoms with Crippen LogP contribution in [0, 0.1) is 6.92 Å². The minimum absolute atomic E-state index is 0.000412. The number of pyridine rings is 1. The Bertz CT molecular complexity index is 520. The summed E-state index contributed by atoms with van der Waals surface area (Å²) in [6.45, 7) is 4.23. The molecule has 0 aliphatic carbocycles. The van der Waals surface area contributed by atoms with Gasteiger partial charge in [-0.15, -0.1) is 0 Å². The van der Waals surface area contributed by atoms with E-state index in [-0.39, 0.29) is 17.8 Å². The quantitative estimate of drug-likeness (QED) is 0.882. The van der Waals surface area contributed by atoms with E-state index in [4.69, 9.17) is 9.84 Å². The standard InChI is InChI=1S/C13H17NO4/c1-8-3-6-11(13(16)17)12(15)14(8)7-10-5-4-9(2)18-10/h3,6,9-10H,4-5,7H2,1-2H3,(H,16,17). The van der Waals surface area contributed by atoms with Crippen LogP contribution in [0.3, 0.4) is 0 Å². The number of hydrogen-bond acceptors (Lipinski definition) is 3. The van der Waals surface area contributed by atoms with Gasteiger partial charge in [0.1, 0.15) is 5.56 Å². The Morgan fingerprint density at radius 2 is 2.22 bits per heavy atom. The first-order chi connectivity index (χ1) is 8.49. The molecule has 1 aromatic rings. The number of aromatic carboxylic acids is 1. The van der Waals surface area contributed by atoms with Crippen molar-refractivity contribution in [2.24, 2.45) is 0 Å². The fourth-order valence-corrected chi connectivity index (χ4v) is 2.28. The van der Waals surface area contributed by atoms with E-state index < -0.39 is 11.5 Å². The van der Waals surface area contributed by atoms with Crippen molar-refractivity contribution in [3.8, 4) is 0 Å². The summed E-state index contributed by atoms with van der Waals surface area (Å²) in [5.41, 5.74) is 0.116.